The summed E-state index contributed by atoms with van der Waals surface area (Å²) >= 11 is 0. The summed E-state index contributed by atoms with van der Waals surface area (Å²) in [6.45, 7) is 0. The minimum absolute atomic E-state index is 0.0417. The summed E-state index contributed by atoms with van der Waals surface area (Å²) in [7, 11) is 0. The van der Waals surface area contributed by atoms with Crippen LogP contribution in [0.4, 0.5) is 60.5 Å². The number of nitrogens with zero attached hydrogens (tertiary/aromatic N) is 3. The van der Waals surface area contributed by atoms with Crippen LogP contribution in [0.15, 0.2) is 60.7 Å². The highest BCUT2D eigenvalue weighted by Crippen LogP contribution is 2.46. The minimum Gasteiger partial charge on any atom is -0.399 e. The Bertz CT molecular complexity index is 1180. The van der Waals surface area contributed by atoms with Gasteiger partial charge in [0.05, 0.1) is 21.0 Å². The topological polar surface area (TPSA) is 116 Å². The SMILES string of the molecule is Nc1ccc(N(c2ccc(C(F)(F)F)cc2[N+](=O)[O-])c2ccc(C(F)(F)F)cc2[N+](=O)[O-])cc1. The van der Waals surface area contributed by atoms with Gasteiger partial charge < -0.3 is 5.73 Å². The predicted molar refractivity (Wildman–Crippen MR) is 109 cm³/mol. The van der Waals surface area contributed by atoms with Crippen molar-refractivity contribution in [3.63, 3.8) is 0 Å². The van der Waals surface area contributed by atoms with Gasteiger partial charge in [-0.25, -0.2) is 0 Å². The number of anilines is 4. The molecule has 0 saturated heterocycles. The van der Waals surface area contributed by atoms with Crippen LogP contribution in [0, 0.1) is 20.2 Å². The number of hydrogen-bond acceptors (Lipinski definition) is 6. The molecule has 0 saturated carbocycles. The predicted octanol–water partition coefficient (Wildman–Crippen LogP) is 6.59. The number of rotatable bonds is 5. The van der Waals surface area contributed by atoms with Gasteiger partial charge in [0.1, 0.15) is 11.4 Å². The van der Waals surface area contributed by atoms with Crippen molar-refractivity contribution >= 4 is 34.1 Å². The van der Waals surface area contributed by atoms with E-state index in [0.29, 0.717) is 24.3 Å². The molecule has 8 nitrogen and oxygen atoms in total. The molecule has 3 rings (SSSR count). The average Bonchev–Trinajstić information content (AvgIpc) is 2.74. The highest BCUT2D eigenvalue weighted by Gasteiger charge is 2.37. The Morgan fingerprint density at radius 2 is 1.06 bits per heavy atom. The molecule has 0 unspecified atom stereocenters. The number of benzene rings is 3. The van der Waals surface area contributed by atoms with Crippen molar-refractivity contribution < 1.29 is 36.2 Å². The summed E-state index contributed by atoms with van der Waals surface area (Å²) in [6.07, 6.45) is -9.87. The molecule has 3 aromatic rings. The summed E-state index contributed by atoms with van der Waals surface area (Å²) in [6, 6.07) is 8.01. The number of nitrogen functional groups attached to an aromatic ring is 1. The molecule has 0 radical (unpaired) electrons. The molecule has 0 aromatic heterocycles. The average molecular weight is 486 g/mol. The van der Waals surface area contributed by atoms with Crippen molar-refractivity contribution in [2.45, 2.75) is 12.4 Å². The second kappa shape index (κ2) is 8.53. The van der Waals surface area contributed by atoms with E-state index in [2.05, 4.69) is 0 Å². The molecule has 2 N–H and O–H groups in total. The zero-order chi connectivity index (χ0) is 25.4. The zero-order valence-electron chi connectivity index (χ0n) is 16.6. The van der Waals surface area contributed by atoms with E-state index < -0.39 is 56.1 Å². The van der Waals surface area contributed by atoms with E-state index in [1.54, 1.807) is 0 Å². The van der Waals surface area contributed by atoms with Gasteiger partial charge in [-0.05, 0) is 48.5 Å². The highest BCUT2D eigenvalue weighted by molar-refractivity contribution is 5.86. The fraction of sp³-hybridized carbons (Fsp3) is 0.100. The first-order valence-electron chi connectivity index (χ1n) is 9.07. The van der Waals surface area contributed by atoms with Crippen molar-refractivity contribution in [2.75, 3.05) is 10.6 Å². The Morgan fingerprint density at radius 1 is 0.676 bits per heavy atom. The second-order valence-electron chi connectivity index (χ2n) is 6.84. The molecule has 0 atom stereocenters. The van der Waals surface area contributed by atoms with Gasteiger partial charge in [0.25, 0.3) is 11.4 Å². The van der Waals surface area contributed by atoms with Gasteiger partial charge in [-0.15, -0.1) is 0 Å². The lowest BCUT2D eigenvalue weighted by Crippen LogP contribution is -2.16. The normalized spacial score (nSPS) is 11.8. The first-order valence-corrected chi connectivity index (χ1v) is 9.07. The van der Waals surface area contributed by atoms with E-state index in [4.69, 9.17) is 5.73 Å². The van der Waals surface area contributed by atoms with Crippen molar-refractivity contribution in [1.82, 2.24) is 0 Å². The first-order chi connectivity index (χ1) is 15.7. The Hall–Kier alpha value is -4.36. The van der Waals surface area contributed by atoms with E-state index in [1.807, 2.05) is 0 Å². The number of nitro groups is 2. The molecule has 0 aliphatic heterocycles. The van der Waals surface area contributed by atoms with Crippen LogP contribution in [0.3, 0.4) is 0 Å². The van der Waals surface area contributed by atoms with Crippen LogP contribution in [0.5, 0.6) is 0 Å². The van der Waals surface area contributed by atoms with Crippen LogP contribution in [-0.4, -0.2) is 9.85 Å². The molecule has 3 aromatic carbocycles. The largest absolute Gasteiger partial charge is 0.416 e. The van der Waals surface area contributed by atoms with Gasteiger partial charge in [-0.2, -0.15) is 26.3 Å². The van der Waals surface area contributed by atoms with E-state index in [-0.39, 0.29) is 23.5 Å². The lowest BCUT2D eigenvalue weighted by molar-refractivity contribution is -0.384. The summed E-state index contributed by atoms with van der Waals surface area (Å²) in [5, 5.41) is 23.3. The Kier molecular flexibility index (Phi) is 6.09. The molecular formula is C20H12F6N4O4. The smallest absolute Gasteiger partial charge is 0.399 e. The van der Waals surface area contributed by atoms with Crippen LogP contribution in [0.25, 0.3) is 0 Å². The summed E-state index contributed by atoms with van der Waals surface area (Å²) in [5.74, 6) is 0. The van der Waals surface area contributed by atoms with E-state index in [9.17, 15) is 46.6 Å². The van der Waals surface area contributed by atoms with Crippen molar-refractivity contribution in [2.24, 2.45) is 0 Å². The molecule has 34 heavy (non-hydrogen) atoms. The first kappa shape index (κ1) is 24.3. The number of alkyl halides is 6. The molecule has 14 heteroatoms. The quantitative estimate of drug-likeness (QED) is 0.188. The molecule has 0 aliphatic carbocycles. The molecular weight excluding hydrogens is 474 g/mol. The Balaban J connectivity index is 2.37. The number of hydrogen-bond donors (Lipinski definition) is 1. The van der Waals surface area contributed by atoms with Gasteiger partial charge in [0.15, 0.2) is 0 Å². The maximum absolute atomic E-state index is 13.1. The van der Waals surface area contributed by atoms with Gasteiger partial charge in [-0.3, -0.25) is 25.1 Å². The fourth-order valence-corrected chi connectivity index (χ4v) is 3.10. The summed E-state index contributed by atoms with van der Waals surface area (Å²) < 4.78 is 78.8. The van der Waals surface area contributed by atoms with Gasteiger partial charge in [-0.1, -0.05) is 0 Å². The van der Waals surface area contributed by atoms with Crippen LogP contribution in [0.2, 0.25) is 0 Å². The van der Waals surface area contributed by atoms with Crippen LogP contribution in [0.1, 0.15) is 11.1 Å². The lowest BCUT2D eigenvalue weighted by Gasteiger charge is -2.25. The summed E-state index contributed by atoms with van der Waals surface area (Å²) in [4.78, 5) is 21.8. The molecule has 0 fully saturated rings. The Morgan fingerprint density at radius 3 is 1.38 bits per heavy atom. The molecule has 0 heterocycles. The maximum Gasteiger partial charge on any atom is 0.416 e. The summed E-state index contributed by atoms with van der Waals surface area (Å²) in [5.41, 5.74) is -0.200. The van der Waals surface area contributed by atoms with E-state index in [1.165, 1.54) is 24.3 Å². The van der Waals surface area contributed by atoms with Crippen molar-refractivity contribution in [3.05, 3.63) is 92.0 Å². The van der Waals surface area contributed by atoms with Crippen LogP contribution < -0.4 is 10.6 Å². The van der Waals surface area contributed by atoms with Crippen molar-refractivity contribution in [3.8, 4) is 0 Å². The van der Waals surface area contributed by atoms with Gasteiger partial charge in [0, 0.05) is 23.5 Å². The third kappa shape index (κ3) is 4.84. The van der Waals surface area contributed by atoms with Gasteiger partial charge in [0.2, 0.25) is 0 Å². The standard InChI is InChI=1S/C20H12F6N4O4/c21-19(22,23)11-1-7-15(17(9-11)29(31)32)28(14-5-3-13(27)4-6-14)16-8-2-12(20(24,25)26)10-18(16)30(33)34/h1-10H,27H2. The maximum atomic E-state index is 13.1. The van der Waals surface area contributed by atoms with Crippen LogP contribution in [-0.2, 0) is 12.4 Å². The monoisotopic (exact) mass is 486 g/mol. The minimum atomic E-state index is -4.93. The Labute approximate surface area is 186 Å². The number of halogens is 6. The van der Waals surface area contributed by atoms with Crippen molar-refractivity contribution in [1.29, 1.82) is 0 Å². The van der Waals surface area contributed by atoms with E-state index >= 15 is 0 Å². The van der Waals surface area contributed by atoms with Crippen LogP contribution >= 0.6 is 0 Å². The third-order valence-corrected chi connectivity index (χ3v) is 4.63. The molecule has 178 valence electrons. The highest BCUT2D eigenvalue weighted by atomic mass is 19.4. The number of nitrogens with two attached hydrogens (primary N) is 1. The molecule has 0 spiro atoms. The molecule has 0 bridgehead atoms. The zero-order valence-corrected chi connectivity index (χ0v) is 16.6. The third-order valence-electron chi connectivity index (χ3n) is 4.63. The fourth-order valence-electron chi connectivity index (χ4n) is 3.10. The van der Waals surface area contributed by atoms with Gasteiger partial charge >= 0.3 is 12.4 Å². The molecule has 0 amide bonds. The lowest BCUT2D eigenvalue weighted by atomic mass is 10.1. The number of nitro benzene ring substituents is 2. The second-order valence-corrected chi connectivity index (χ2v) is 6.84. The van der Waals surface area contributed by atoms with E-state index in [0.717, 1.165) is 4.90 Å². The molecule has 0 aliphatic rings.